The fourth-order valence-corrected chi connectivity index (χ4v) is 5.85. The molecular formula is C30H30N2O4. The maximum atomic E-state index is 9.10. The lowest BCUT2D eigenvalue weighted by molar-refractivity contribution is -0.159. The topological polar surface area (TPSA) is 82.8 Å². The SMILES string of the molecule is O=C(O)C(=O)O.c1ccc(CCN2C3CCC2c2c(n(Cc4ccccc4)c4ccccc24)C3)cc1. The summed E-state index contributed by atoms with van der Waals surface area (Å²) in [6.45, 7) is 2.14. The number of para-hydroxylation sites is 1. The number of benzene rings is 3. The highest BCUT2D eigenvalue weighted by atomic mass is 16.4. The Bertz CT molecular complexity index is 1350. The van der Waals surface area contributed by atoms with E-state index in [1.165, 1.54) is 41.3 Å². The first-order valence-electron chi connectivity index (χ1n) is 12.4. The molecule has 0 radical (unpaired) electrons. The van der Waals surface area contributed by atoms with Gasteiger partial charge in [-0.05, 0) is 42.0 Å². The summed E-state index contributed by atoms with van der Waals surface area (Å²) in [4.78, 5) is 21.0. The smallest absolute Gasteiger partial charge is 0.414 e. The van der Waals surface area contributed by atoms with Crippen LogP contribution in [0, 0.1) is 0 Å². The second kappa shape index (κ2) is 10.4. The molecule has 4 aromatic rings. The van der Waals surface area contributed by atoms with Crippen molar-refractivity contribution in [1.82, 2.24) is 9.47 Å². The summed E-state index contributed by atoms with van der Waals surface area (Å²) >= 11 is 0. The highest BCUT2D eigenvalue weighted by Gasteiger charge is 2.42. The van der Waals surface area contributed by atoms with Gasteiger partial charge in [0.2, 0.25) is 0 Å². The van der Waals surface area contributed by atoms with Gasteiger partial charge in [-0.1, -0.05) is 78.9 Å². The van der Waals surface area contributed by atoms with Crippen molar-refractivity contribution >= 4 is 22.8 Å². The van der Waals surface area contributed by atoms with Gasteiger partial charge in [0.1, 0.15) is 0 Å². The van der Waals surface area contributed by atoms with E-state index in [1.807, 2.05) is 0 Å². The van der Waals surface area contributed by atoms with Gasteiger partial charge in [-0.15, -0.1) is 0 Å². The van der Waals surface area contributed by atoms with Crippen molar-refractivity contribution < 1.29 is 19.8 Å². The molecule has 6 nitrogen and oxygen atoms in total. The van der Waals surface area contributed by atoms with E-state index in [4.69, 9.17) is 19.8 Å². The number of nitrogens with zero attached hydrogens (tertiary/aromatic N) is 2. The summed E-state index contributed by atoms with van der Waals surface area (Å²) in [7, 11) is 0. The maximum absolute atomic E-state index is 9.10. The molecule has 2 bridgehead atoms. The minimum Gasteiger partial charge on any atom is -0.473 e. The van der Waals surface area contributed by atoms with Crippen molar-refractivity contribution in [1.29, 1.82) is 0 Å². The number of carboxylic acid groups (broad SMARTS) is 2. The second-order valence-corrected chi connectivity index (χ2v) is 9.48. The third-order valence-corrected chi connectivity index (χ3v) is 7.39. The number of hydrogen-bond donors (Lipinski definition) is 2. The monoisotopic (exact) mass is 482 g/mol. The van der Waals surface area contributed by atoms with Gasteiger partial charge in [0.25, 0.3) is 0 Å². The Morgan fingerprint density at radius 3 is 2.06 bits per heavy atom. The number of carbonyl (C=O) groups is 2. The molecule has 0 saturated carbocycles. The molecule has 1 fully saturated rings. The Morgan fingerprint density at radius 2 is 1.39 bits per heavy atom. The van der Waals surface area contributed by atoms with E-state index in [0.717, 1.165) is 19.5 Å². The quantitative estimate of drug-likeness (QED) is 0.385. The van der Waals surface area contributed by atoms with Crippen LogP contribution in [0.4, 0.5) is 0 Å². The number of hydrogen-bond acceptors (Lipinski definition) is 3. The molecule has 0 spiro atoms. The van der Waals surface area contributed by atoms with Gasteiger partial charge in [0.15, 0.2) is 0 Å². The van der Waals surface area contributed by atoms with Crippen LogP contribution >= 0.6 is 0 Å². The van der Waals surface area contributed by atoms with E-state index in [1.54, 1.807) is 11.3 Å². The van der Waals surface area contributed by atoms with Crippen molar-refractivity contribution in [2.75, 3.05) is 6.54 Å². The minimum absolute atomic E-state index is 0.574. The summed E-state index contributed by atoms with van der Waals surface area (Å²) in [6, 6.07) is 32.2. The Balaban J connectivity index is 0.000000400. The number of rotatable bonds is 5. The molecule has 6 rings (SSSR count). The van der Waals surface area contributed by atoms with Crippen LogP contribution in [0.1, 0.15) is 41.3 Å². The van der Waals surface area contributed by atoms with Crippen LogP contribution < -0.4 is 0 Å². The standard InChI is InChI=1S/C28H28N2.C2H2O4/c1-3-9-21(10-4-1)17-18-29-23-15-16-26(29)28-24-13-7-8-14-25(24)30(27(28)19-23)20-22-11-5-2-6-12-22;3-1(4)2(5)6/h1-14,23,26H,15-20H2;(H,3,4)(H,5,6). The van der Waals surface area contributed by atoms with Crippen LogP contribution in [-0.2, 0) is 29.0 Å². The summed E-state index contributed by atoms with van der Waals surface area (Å²) < 4.78 is 2.61. The van der Waals surface area contributed by atoms with Crippen molar-refractivity contribution in [3.8, 4) is 0 Å². The second-order valence-electron chi connectivity index (χ2n) is 9.48. The van der Waals surface area contributed by atoms with Crippen molar-refractivity contribution in [2.45, 2.75) is 44.3 Å². The lowest BCUT2D eigenvalue weighted by atomic mass is 9.96. The third kappa shape index (κ3) is 4.77. The Morgan fingerprint density at radius 1 is 0.778 bits per heavy atom. The summed E-state index contributed by atoms with van der Waals surface area (Å²) in [5.41, 5.74) is 7.45. The van der Waals surface area contributed by atoms with Crippen molar-refractivity contribution in [3.05, 3.63) is 107 Å². The van der Waals surface area contributed by atoms with Crippen LogP contribution in [0.15, 0.2) is 84.9 Å². The predicted octanol–water partition coefficient (Wildman–Crippen LogP) is 5.15. The summed E-state index contributed by atoms with van der Waals surface area (Å²) in [5.74, 6) is -3.65. The molecule has 3 heterocycles. The number of carboxylic acids is 2. The van der Waals surface area contributed by atoms with Crippen LogP contribution in [0.3, 0.4) is 0 Å². The first-order chi connectivity index (χ1) is 17.5. The van der Waals surface area contributed by atoms with Crippen LogP contribution in [0.5, 0.6) is 0 Å². The predicted molar refractivity (Wildman–Crippen MR) is 139 cm³/mol. The van der Waals surface area contributed by atoms with Crippen LogP contribution in [0.2, 0.25) is 0 Å². The van der Waals surface area contributed by atoms with Crippen molar-refractivity contribution in [3.63, 3.8) is 0 Å². The van der Waals surface area contributed by atoms with Gasteiger partial charge in [0, 0.05) is 48.2 Å². The Kier molecular flexibility index (Phi) is 6.87. The molecule has 2 aliphatic rings. The molecule has 1 aromatic heterocycles. The van der Waals surface area contributed by atoms with E-state index in [9.17, 15) is 0 Å². The molecule has 1 saturated heterocycles. The van der Waals surface area contributed by atoms with Gasteiger partial charge >= 0.3 is 11.9 Å². The average Bonchev–Trinajstić information content (AvgIpc) is 3.36. The first kappa shape index (κ1) is 23.8. The minimum atomic E-state index is -1.82. The lowest BCUT2D eigenvalue weighted by Crippen LogP contribution is -2.39. The van der Waals surface area contributed by atoms with Gasteiger partial charge in [-0.25, -0.2) is 9.59 Å². The number of fused-ring (bicyclic) bond motifs is 6. The molecule has 2 unspecified atom stereocenters. The highest BCUT2D eigenvalue weighted by molar-refractivity contribution is 6.27. The molecule has 0 amide bonds. The largest absolute Gasteiger partial charge is 0.473 e. The molecule has 3 aromatic carbocycles. The van der Waals surface area contributed by atoms with Crippen molar-refractivity contribution in [2.24, 2.45) is 0 Å². The molecule has 184 valence electrons. The molecular weight excluding hydrogens is 452 g/mol. The highest BCUT2D eigenvalue weighted by Crippen LogP contribution is 2.47. The van der Waals surface area contributed by atoms with Gasteiger partial charge < -0.3 is 14.8 Å². The third-order valence-electron chi connectivity index (χ3n) is 7.39. The molecule has 0 aliphatic carbocycles. The molecule has 36 heavy (non-hydrogen) atoms. The molecule has 2 atom stereocenters. The summed E-state index contributed by atoms with van der Waals surface area (Å²) in [5, 5.41) is 16.3. The average molecular weight is 483 g/mol. The van der Waals surface area contributed by atoms with E-state index < -0.39 is 11.9 Å². The maximum Gasteiger partial charge on any atom is 0.414 e. The summed E-state index contributed by atoms with van der Waals surface area (Å²) in [6.07, 6.45) is 4.95. The van der Waals surface area contributed by atoms with Crippen LogP contribution in [-0.4, -0.2) is 44.2 Å². The Labute approximate surface area is 210 Å². The zero-order valence-electron chi connectivity index (χ0n) is 20.1. The van der Waals surface area contributed by atoms with Gasteiger partial charge in [0.05, 0.1) is 0 Å². The van der Waals surface area contributed by atoms with E-state index in [0.29, 0.717) is 12.1 Å². The van der Waals surface area contributed by atoms with Gasteiger partial charge in [-0.3, -0.25) is 4.90 Å². The first-order valence-corrected chi connectivity index (χ1v) is 12.4. The fourth-order valence-electron chi connectivity index (χ4n) is 5.85. The number of aromatic nitrogens is 1. The van der Waals surface area contributed by atoms with E-state index >= 15 is 0 Å². The van der Waals surface area contributed by atoms with E-state index in [2.05, 4.69) is 94.4 Å². The zero-order valence-corrected chi connectivity index (χ0v) is 20.1. The Hall–Kier alpha value is -3.90. The lowest BCUT2D eigenvalue weighted by Gasteiger charge is -2.36. The van der Waals surface area contributed by atoms with Gasteiger partial charge in [-0.2, -0.15) is 0 Å². The van der Waals surface area contributed by atoms with E-state index in [-0.39, 0.29) is 0 Å². The van der Waals surface area contributed by atoms with Crippen LogP contribution in [0.25, 0.3) is 10.9 Å². The number of aliphatic carboxylic acids is 2. The zero-order chi connectivity index (χ0) is 25.1. The normalized spacial score (nSPS) is 18.3. The molecule has 2 aliphatic heterocycles. The fraction of sp³-hybridized carbons (Fsp3) is 0.267. The molecule has 2 N–H and O–H groups in total. The molecule has 6 heteroatoms.